The summed E-state index contributed by atoms with van der Waals surface area (Å²) in [5, 5.41) is 7.94. The molecule has 7 nitrogen and oxygen atoms in total. The van der Waals surface area contributed by atoms with Crippen LogP contribution in [0.15, 0.2) is 17.5 Å². The van der Waals surface area contributed by atoms with Crippen molar-refractivity contribution in [1.82, 2.24) is 20.4 Å². The van der Waals surface area contributed by atoms with Gasteiger partial charge in [-0.15, -0.1) is 11.3 Å². The Kier molecular flexibility index (Phi) is 5.92. The molecule has 0 aromatic carbocycles. The van der Waals surface area contributed by atoms with Gasteiger partial charge in [0.2, 0.25) is 5.91 Å². The zero-order valence-electron chi connectivity index (χ0n) is 17.0. The molecule has 1 atom stereocenters. The van der Waals surface area contributed by atoms with Crippen LogP contribution in [0, 0.1) is 5.92 Å². The highest BCUT2D eigenvalue weighted by atomic mass is 32.1. The Morgan fingerprint density at radius 1 is 1.31 bits per heavy atom. The summed E-state index contributed by atoms with van der Waals surface area (Å²) in [4.78, 5) is 42.8. The number of urea groups is 1. The van der Waals surface area contributed by atoms with Crippen LogP contribution in [-0.2, 0) is 16.1 Å². The van der Waals surface area contributed by atoms with Gasteiger partial charge in [-0.1, -0.05) is 18.9 Å². The van der Waals surface area contributed by atoms with Crippen LogP contribution in [0.25, 0.3) is 0 Å². The second-order valence-corrected chi connectivity index (χ2v) is 9.65. The van der Waals surface area contributed by atoms with E-state index < -0.39 is 17.6 Å². The lowest BCUT2D eigenvalue weighted by atomic mass is 9.96. The first-order chi connectivity index (χ1) is 14.0. The van der Waals surface area contributed by atoms with E-state index in [0.29, 0.717) is 25.3 Å². The van der Waals surface area contributed by atoms with E-state index in [1.165, 1.54) is 4.88 Å². The summed E-state index contributed by atoms with van der Waals surface area (Å²) in [5.74, 6) is -0.0379. The smallest absolute Gasteiger partial charge is 0.325 e. The Morgan fingerprint density at radius 2 is 2.03 bits per heavy atom. The van der Waals surface area contributed by atoms with Crippen LogP contribution in [0.1, 0.15) is 50.3 Å². The predicted molar refractivity (Wildman–Crippen MR) is 111 cm³/mol. The number of amides is 4. The van der Waals surface area contributed by atoms with Crippen molar-refractivity contribution in [1.29, 1.82) is 0 Å². The van der Waals surface area contributed by atoms with Gasteiger partial charge in [0, 0.05) is 18.0 Å². The fourth-order valence-electron chi connectivity index (χ4n) is 4.79. The Hall–Kier alpha value is -1.93. The molecular formula is C21H30N4O3S. The van der Waals surface area contributed by atoms with Crippen molar-refractivity contribution < 1.29 is 14.4 Å². The highest BCUT2D eigenvalue weighted by molar-refractivity contribution is 7.09. The van der Waals surface area contributed by atoms with Crippen molar-refractivity contribution in [3.05, 3.63) is 22.4 Å². The van der Waals surface area contributed by atoms with Crippen molar-refractivity contribution in [2.24, 2.45) is 5.92 Å². The third-order valence-electron chi connectivity index (χ3n) is 6.65. The van der Waals surface area contributed by atoms with Crippen molar-refractivity contribution in [2.45, 2.75) is 63.6 Å². The van der Waals surface area contributed by atoms with Crippen molar-refractivity contribution in [3.8, 4) is 0 Å². The molecule has 3 heterocycles. The molecule has 1 spiro atoms. The summed E-state index contributed by atoms with van der Waals surface area (Å²) in [7, 11) is 0. The van der Waals surface area contributed by atoms with E-state index in [9.17, 15) is 14.4 Å². The van der Waals surface area contributed by atoms with Gasteiger partial charge < -0.3 is 10.6 Å². The maximum atomic E-state index is 12.8. The van der Waals surface area contributed by atoms with Crippen LogP contribution in [0.3, 0.4) is 0 Å². The summed E-state index contributed by atoms with van der Waals surface area (Å²) in [6.07, 6.45) is 5.31. The number of likely N-dealkylation sites (tertiary alicyclic amines) is 1. The fraction of sp³-hybridized carbons (Fsp3) is 0.667. The fourth-order valence-corrected chi connectivity index (χ4v) is 5.54. The van der Waals surface area contributed by atoms with Crippen LogP contribution in [-0.4, -0.2) is 58.9 Å². The minimum absolute atomic E-state index is 0.232. The number of nitrogens with zero attached hydrogens (tertiary/aromatic N) is 2. The van der Waals surface area contributed by atoms with E-state index in [2.05, 4.69) is 33.0 Å². The van der Waals surface area contributed by atoms with Crippen molar-refractivity contribution in [3.63, 3.8) is 0 Å². The lowest BCUT2D eigenvalue weighted by Crippen LogP contribution is -2.50. The van der Waals surface area contributed by atoms with Gasteiger partial charge in [-0.25, -0.2) is 9.69 Å². The van der Waals surface area contributed by atoms with E-state index >= 15 is 0 Å². The average molecular weight is 419 g/mol. The van der Waals surface area contributed by atoms with Gasteiger partial charge in [0.15, 0.2) is 0 Å². The molecule has 1 aliphatic carbocycles. The molecule has 0 bridgehead atoms. The Morgan fingerprint density at radius 3 is 2.69 bits per heavy atom. The molecule has 158 valence electrons. The Bertz CT molecular complexity index is 752. The van der Waals surface area contributed by atoms with Gasteiger partial charge in [0.25, 0.3) is 5.91 Å². The molecule has 4 amide bonds. The number of carbonyl (C=O) groups is 3. The van der Waals surface area contributed by atoms with Crippen LogP contribution in [0.4, 0.5) is 4.79 Å². The van der Waals surface area contributed by atoms with E-state index in [0.717, 1.165) is 50.2 Å². The maximum absolute atomic E-state index is 12.8. The molecule has 1 aromatic heterocycles. The number of nitrogens with one attached hydrogen (secondary N) is 2. The molecular weight excluding hydrogens is 388 g/mol. The van der Waals surface area contributed by atoms with E-state index in [-0.39, 0.29) is 11.8 Å². The monoisotopic (exact) mass is 418 g/mol. The molecule has 2 N–H and O–H groups in total. The molecule has 3 aliphatic rings. The largest absolute Gasteiger partial charge is 0.354 e. The van der Waals surface area contributed by atoms with E-state index in [1.54, 1.807) is 18.3 Å². The lowest BCUT2D eigenvalue weighted by molar-refractivity contribution is -0.137. The maximum Gasteiger partial charge on any atom is 0.325 e. The first-order valence-electron chi connectivity index (χ1n) is 10.7. The highest BCUT2D eigenvalue weighted by Crippen LogP contribution is 2.35. The average Bonchev–Trinajstić information content (AvgIpc) is 3.44. The second kappa shape index (κ2) is 8.44. The van der Waals surface area contributed by atoms with Crippen LogP contribution in [0.5, 0.6) is 0 Å². The van der Waals surface area contributed by atoms with E-state index in [1.807, 2.05) is 0 Å². The predicted octanol–water partition coefficient (Wildman–Crippen LogP) is 2.33. The molecule has 3 fully saturated rings. The van der Waals surface area contributed by atoms with Crippen molar-refractivity contribution in [2.75, 3.05) is 19.6 Å². The number of rotatable bonds is 6. The minimum atomic E-state index is -0.776. The summed E-state index contributed by atoms with van der Waals surface area (Å²) < 4.78 is 0. The lowest BCUT2D eigenvalue weighted by Gasteiger charge is -2.32. The first-order valence-corrected chi connectivity index (χ1v) is 11.5. The molecule has 1 aromatic rings. The molecule has 4 rings (SSSR count). The standard InChI is InChI=1S/C21H30N4O3S/c1-15(25-19(27)21(23-20(25)28)8-2-3-9-21)18(26)22-13-16-6-10-24(11-7-16)14-17-5-4-12-29-17/h4-5,12,15-16H,2-3,6-11,13-14H2,1H3,(H,22,26)(H,23,28). The summed E-state index contributed by atoms with van der Waals surface area (Å²) in [5.41, 5.74) is -0.763. The Labute approximate surface area is 175 Å². The Balaban J connectivity index is 1.24. The number of carbonyl (C=O) groups excluding carboxylic acids is 3. The molecule has 2 saturated heterocycles. The van der Waals surface area contributed by atoms with E-state index in [4.69, 9.17) is 0 Å². The molecule has 1 saturated carbocycles. The molecule has 29 heavy (non-hydrogen) atoms. The van der Waals surface area contributed by atoms with Gasteiger partial charge in [0.1, 0.15) is 11.6 Å². The second-order valence-electron chi connectivity index (χ2n) is 8.61. The van der Waals surface area contributed by atoms with Crippen LogP contribution >= 0.6 is 11.3 Å². The van der Waals surface area contributed by atoms with Crippen LogP contribution in [0.2, 0.25) is 0 Å². The normalized spacial score (nSPS) is 23.6. The summed E-state index contributed by atoms with van der Waals surface area (Å²) in [6, 6.07) is 3.05. The molecule has 8 heteroatoms. The van der Waals surface area contributed by atoms with Gasteiger partial charge in [-0.3, -0.25) is 14.5 Å². The molecule has 2 aliphatic heterocycles. The number of hydrogen-bond donors (Lipinski definition) is 2. The van der Waals surface area contributed by atoms with Crippen LogP contribution < -0.4 is 10.6 Å². The number of imide groups is 1. The van der Waals surface area contributed by atoms with Crippen molar-refractivity contribution >= 4 is 29.2 Å². The SMILES string of the molecule is CC(C(=O)NCC1CCN(Cc2cccs2)CC1)N1C(=O)NC2(CCCC2)C1=O. The molecule has 0 radical (unpaired) electrons. The van der Waals surface area contributed by atoms with Gasteiger partial charge in [0.05, 0.1) is 0 Å². The van der Waals surface area contributed by atoms with Gasteiger partial charge in [-0.05, 0) is 63.1 Å². The quantitative estimate of drug-likeness (QED) is 0.695. The summed E-state index contributed by atoms with van der Waals surface area (Å²) in [6.45, 7) is 5.31. The number of hydrogen-bond acceptors (Lipinski definition) is 5. The first kappa shape index (κ1) is 20.3. The third kappa shape index (κ3) is 4.19. The zero-order valence-corrected chi connectivity index (χ0v) is 17.8. The zero-order chi connectivity index (χ0) is 20.4. The summed E-state index contributed by atoms with van der Waals surface area (Å²) >= 11 is 1.79. The number of piperidine rings is 1. The number of thiophene rings is 1. The van der Waals surface area contributed by atoms with Gasteiger partial charge >= 0.3 is 6.03 Å². The van der Waals surface area contributed by atoms with Gasteiger partial charge in [-0.2, -0.15) is 0 Å². The molecule has 1 unspecified atom stereocenters. The third-order valence-corrected chi connectivity index (χ3v) is 7.51. The minimum Gasteiger partial charge on any atom is -0.354 e. The highest BCUT2D eigenvalue weighted by Gasteiger charge is 2.54. The topological polar surface area (TPSA) is 81.8 Å².